The van der Waals surface area contributed by atoms with E-state index in [0.717, 1.165) is 27.8 Å². The van der Waals surface area contributed by atoms with Gasteiger partial charge in [0.1, 0.15) is 5.52 Å². The summed E-state index contributed by atoms with van der Waals surface area (Å²) < 4.78 is 5.55. The molecule has 132 valence electrons. The number of rotatable bonds is 4. The zero-order chi connectivity index (χ0) is 18.8. The monoisotopic (exact) mass is 356 g/mol. The van der Waals surface area contributed by atoms with Gasteiger partial charge in [0.25, 0.3) is 0 Å². The summed E-state index contributed by atoms with van der Waals surface area (Å²) in [5, 5.41) is 11.4. The third kappa shape index (κ3) is 3.13. The molecular weight excluding hydrogens is 340 g/mol. The molecule has 0 unspecified atom stereocenters. The maximum atomic E-state index is 6.82. The second-order valence-corrected chi connectivity index (χ2v) is 6.03. The van der Waals surface area contributed by atoms with Crippen LogP contribution in [0, 0.1) is 5.53 Å². The lowest BCUT2D eigenvalue weighted by atomic mass is 10.0. The second-order valence-electron chi connectivity index (χ2n) is 6.03. The van der Waals surface area contributed by atoms with Gasteiger partial charge in [0.2, 0.25) is 0 Å². The SMILES string of the molecule is N=NN=C(N)c1ccc2noc(-c3ccc(-c4cccc(N)c4)cc3)c2c1. The first-order chi connectivity index (χ1) is 13.2. The molecule has 0 bridgehead atoms. The molecule has 5 N–H and O–H groups in total. The minimum Gasteiger partial charge on any atom is -0.399 e. The number of nitrogens with two attached hydrogens (primary N) is 2. The third-order valence-corrected chi connectivity index (χ3v) is 4.30. The Balaban J connectivity index is 1.75. The number of fused-ring (bicyclic) bond motifs is 1. The summed E-state index contributed by atoms with van der Waals surface area (Å²) in [6, 6.07) is 21.1. The van der Waals surface area contributed by atoms with E-state index in [9.17, 15) is 0 Å². The van der Waals surface area contributed by atoms with Crippen molar-refractivity contribution >= 4 is 22.4 Å². The summed E-state index contributed by atoms with van der Waals surface area (Å²) in [7, 11) is 0. The Hall–Kier alpha value is -4.00. The van der Waals surface area contributed by atoms with Gasteiger partial charge in [-0.2, -0.15) is 5.53 Å². The van der Waals surface area contributed by atoms with Crippen molar-refractivity contribution in [2.75, 3.05) is 5.73 Å². The molecule has 0 aliphatic heterocycles. The molecule has 27 heavy (non-hydrogen) atoms. The van der Waals surface area contributed by atoms with Gasteiger partial charge in [0, 0.05) is 16.8 Å². The summed E-state index contributed by atoms with van der Waals surface area (Å²) in [5.41, 5.74) is 23.6. The summed E-state index contributed by atoms with van der Waals surface area (Å²) in [5.74, 6) is 0.803. The fourth-order valence-electron chi connectivity index (χ4n) is 2.95. The topological polar surface area (TPSA) is 127 Å². The molecule has 0 saturated carbocycles. The molecule has 0 atom stereocenters. The van der Waals surface area contributed by atoms with E-state index in [0.29, 0.717) is 16.8 Å². The predicted octanol–water partition coefficient (Wildman–Crippen LogP) is 4.40. The third-order valence-electron chi connectivity index (χ3n) is 4.30. The van der Waals surface area contributed by atoms with E-state index in [4.69, 9.17) is 21.5 Å². The first-order valence-electron chi connectivity index (χ1n) is 8.22. The van der Waals surface area contributed by atoms with Gasteiger partial charge in [-0.25, -0.2) is 0 Å². The number of aromatic nitrogens is 1. The minimum atomic E-state index is 0.163. The van der Waals surface area contributed by atoms with Crippen LogP contribution in [0.5, 0.6) is 0 Å². The van der Waals surface area contributed by atoms with Crippen molar-refractivity contribution in [3.63, 3.8) is 0 Å². The van der Waals surface area contributed by atoms with Crippen LogP contribution in [0.25, 0.3) is 33.4 Å². The van der Waals surface area contributed by atoms with Crippen molar-refractivity contribution in [2.45, 2.75) is 0 Å². The highest BCUT2D eigenvalue weighted by molar-refractivity contribution is 6.02. The smallest absolute Gasteiger partial charge is 0.174 e. The van der Waals surface area contributed by atoms with Crippen LogP contribution in [0.15, 0.2) is 81.6 Å². The molecule has 4 rings (SSSR count). The second kappa shape index (κ2) is 6.72. The van der Waals surface area contributed by atoms with Gasteiger partial charge in [-0.15, -0.1) is 5.10 Å². The summed E-state index contributed by atoms with van der Waals surface area (Å²) in [6.07, 6.45) is 0. The zero-order valence-corrected chi connectivity index (χ0v) is 14.3. The van der Waals surface area contributed by atoms with Crippen molar-refractivity contribution < 1.29 is 4.52 Å². The van der Waals surface area contributed by atoms with Crippen molar-refractivity contribution in [3.05, 3.63) is 72.3 Å². The maximum absolute atomic E-state index is 6.82. The molecular formula is C20H16N6O. The molecule has 0 radical (unpaired) electrons. The van der Waals surface area contributed by atoms with Crippen LogP contribution < -0.4 is 11.5 Å². The maximum Gasteiger partial charge on any atom is 0.174 e. The largest absolute Gasteiger partial charge is 0.399 e. The predicted molar refractivity (Wildman–Crippen MR) is 105 cm³/mol. The lowest BCUT2D eigenvalue weighted by Gasteiger charge is -2.04. The molecule has 0 saturated heterocycles. The lowest BCUT2D eigenvalue weighted by Crippen LogP contribution is -2.12. The van der Waals surface area contributed by atoms with Crippen molar-refractivity contribution in [1.29, 1.82) is 5.53 Å². The number of nitrogen functional groups attached to an aromatic ring is 1. The molecule has 0 aliphatic rings. The molecule has 4 aromatic rings. The van der Waals surface area contributed by atoms with Gasteiger partial charge in [-0.05, 0) is 41.5 Å². The summed E-state index contributed by atoms with van der Waals surface area (Å²) in [6.45, 7) is 0. The molecule has 1 heterocycles. The number of anilines is 1. The highest BCUT2D eigenvalue weighted by Crippen LogP contribution is 2.31. The highest BCUT2D eigenvalue weighted by Gasteiger charge is 2.13. The zero-order valence-electron chi connectivity index (χ0n) is 14.3. The Morgan fingerprint density at radius 2 is 1.70 bits per heavy atom. The molecule has 0 aliphatic carbocycles. The Kier molecular flexibility index (Phi) is 4.10. The lowest BCUT2D eigenvalue weighted by molar-refractivity contribution is 0.441. The van der Waals surface area contributed by atoms with E-state index in [1.54, 1.807) is 12.1 Å². The molecule has 1 aromatic heterocycles. The van der Waals surface area contributed by atoms with E-state index < -0.39 is 0 Å². The standard InChI is InChI=1S/C20H16N6O/c21-16-3-1-2-14(10-16)12-4-6-13(7-5-12)19-17-11-15(20(22)24-26-23)8-9-18(17)25-27-19/h1-11H,21H2,(H3,22,23,24). The van der Waals surface area contributed by atoms with E-state index in [-0.39, 0.29) is 5.84 Å². The Labute approximate surface area is 154 Å². The number of hydrogen-bond donors (Lipinski definition) is 3. The Morgan fingerprint density at radius 3 is 2.44 bits per heavy atom. The average molecular weight is 356 g/mol. The fraction of sp³-hybridized carbons (Fsp3) is 0. The van der Waals surface area contributed by atoms with Gasteiger partial charge >= 0.3 is 0 Å². The Bertz CT molecular complexity index is 1160. The average Bonchev–Trinajstić information content (AvgIpc) is 3.11. The number of nitrogens with zero attached hydrogens (tertiary/aromatic N) is 3. The minimum absolute atomic E-state index is 0.163. The normalized spacial score (nSPS) is 11.6. The van der Waals surface area contributed by atoms with Gasteiger partial charge < -0.3 is 16.0 Å². The summed E-state index contributed by atoms with van der Waals surface area (Å²) in [4.78, 5) is 0. The number of nitrogens with one attached hydrogen (secondary N) is 1. The molecule has 7 nitrogen and oxygen atoms in total. The number of hydrogen-bond acceptors (Lipinski definition) is 5. The van der Waals surface area contributed by atoms with Gasteiger partial charge in [0.15, 0.2) is 11.6 Å². The van der Waals surface area contributed by atoms with Crippen LogP contribution >= 0.6 is 0 Å². The molecule has 0 spiro atoms. The van der Waals surface area contributed by atoms with Crippen LogP contribution in [-0.2, 0) is 0 Å². The van der Waals surface area contributed by atoms with Crippen LogP contribution in [0.2, 0.25) is 0 Å². The van der Waals surface area contributed by atoms with Crippen LogP contribution in [0.3, 0.4) is 0 Å². The fourth-order valence-corrected chi connectivity index (χ4v) is 2.95. The van der Waals surface area contributed by atoms with Gasteiger partial charge in [0.05, 0.1) is 5.39 Å². The van der Waals surface area contributed by atoms with Crippen LogP contribution in [0.1, 0.15) is 5.56 Å². The Morgan fingerprint density at radius 1 is 0.926 bits per heavy atom. The van der Waals surface area contributed by atoms with Crippen LogP contribution in [0.4, 0.5) is 5.69 Å². The van der Waals surface area contributed by atoms with E-state index in [2.05, 4.69) is 15.5 Å². The molecule has 0 fully saturated rings. The van der Waals surface area contributed by atoms with Crippen molar-refractivity contribution in [3.8, 4) is 22.5 Å². The molecule has 0 amide bonds. The van der Waals surface area contributed by atoms with Crippen molar-refractivity contribution in [2.24, 2.45) is 16.1 Å². The number of amidine groups is 1. The molecule has 7 heteroatoms. The highest BCUT2D eigenvalue weighted by atomic mass is 16.5. The van der Waals surface area contributed by atoms with E-state index in [1.165, 1.54) is 0 Å². The van der Waals surface area contributed by atoms with Crippen molar-refractivity contribution in [1.82, 2.24) is 5.16 Å². The van der Waals surface area contributed by atoms with E-state index in [1.807, 2.05) is 54.6 Å². The van der Waals surface area contributed by atoms with Crippen LogP contribution in [-0.4, -0.2) is 11.0 Å². The van der Waals surface area contributed by atoms with Gasteiger partial charge in [-0.3, -0.25) is 0 Å². The summed E-state index contributed by atoms with van der Waals surface area (Å²) >= 11 is 0. The molecule has 3 aromatic carbocycles. The number of benzene rings is 3. The first-order valence-corrected chi connectivity index (χ1v) is 8.22. The quantitative estimate of drug-likeness (QED) is 0.165. The first kappa shape index (κ1) is 16.5. The van der Waals surface area contributed by atoms with Gasteiger partial charge in [-0.1, -0.05) is 46.8 Å². The van der Waals surface area contributed by atoms with E-state index >= 15 is 0 Å².